The third-order valence-corrected chi connectivity index (χ3v) is 5.81. The van der Waals surface area contributed by atoms with Crippen LogP contribution in [0.1, 0.15) is 35.6 Å². The van der Waals surface area contributed by atoms with Crippen LogP contribution in [0.2, 0.25) is 5.02 Å². The normalized spacial score (nSPS) is 16.2. The number of ketones is 1. The van der Waals surface area contributed by atoms with Gasteiger partial charge in [-0.2, -0.15) is 0 Å². The zero-order valence-corrected chi connectivity index (χ0v) is 15.9. The smallest absolute Gasteiger partial charge is 0.231 e. The third-order valence-electron chi connectivity index (χ3n) is 5.44. The maximum absolute atomic E-state index is 13.0. The Labute approximate surface area is 167 Å². The molecule has 0 N–H and O–H groups in total. The van der Waals surface area contributed by atoms with E-state index in [1.54, 1.807) is 6.20 Å². The van der Waals surface area contributed by atoms with Crippen LogP contribution in [0.4, 0.5) is 0 Å². The highest BCUT2D eigenvalue weighted by atomic mass is 35.5. The summed E-state index contributed by atoms with van der Waals surface area (Å²) in [6.45, 7) is 0.226. The van der Waals surface area contributed by atoms with Crippen molar-refractivity contribution >= 4 is 17.4 Å². The molecule has 1 aliphatic heterocycles. The number of hydrogen-bond donors (Lipinski definition) is 0. The van der Waals surface area contributed by atoms with E-state index in [1.807, 2.05) is 42.5 Å². The Morgan fingerprint density at radius 2 is 1.93 bits per heavy atom. The average Bonchev–Trinajstić information content (AvgIpc) is 3.18. The number of benzene rings is 2. The molecular formula is C22H18ClNO4. The molecule has 2 aliphatic rings. The maximum atomic E-state index is 13.0. The molecule has 1 aromatic heterocycles. The number of carbonyl (C=O) groups excluding carboxylic acids is 1. The van der Waals surface area contributed by atoms with Crippen LogP contribution >= 0.6 is 11.6 Å². The number of hydrogen-bond acceptors (Lipinski definition) is 5. The Balaban J connectivity index is 1.31. The van der Waals surface area contributed by atoms with E-state index in [-0.39, 0.29) is 19.0 Å². The van der Waals surface area contributed by atoms with Gasteiger partial charge in [-0.05, 0) is 42.2 Å². The number of carbonyl (C=O) groups is 1. The fourth-order valence-electron chi connectivity index (χ4n) is 3.70. The molecule has 0 spiro atoms. The Kier molecular flexibility index (Phi) is 4.13. The molecule has 1 saturated carbocycles. The van der Waals surface area contributed by atoms with Gasteiger partial charge >= 0.3 is 0 Å². The van der Waals surface area contributed by atoms with E-state index in [0.29, 0.717) is 28.8 Å². The summed E-state index contributed by atoms with van der Waals surface area (Å²) in [5.74, 6) is 2.69. The van der Waals surface area contributed by atoms with E-state index in [0.717, 1.165) is 29.7 Å². The molecule has 28 heavy (non-hydrogen) atoms. The lowest BCUT2D eigenvalue weighted by Gasteiger charge is -2.14. The molecule has 1 fully saturated rings. The lowest BCUT2D eigenvalue weighted by molar-refractivity contribution is -0.121. The van der Waals surface area contributed by atoms with Crippen LogP contribution < -0.4 is 9.47 Å². The lowest BCUT2D eigenvalue weighted by Crippen LogP contribution is -2.22. The van der Waals surface area contributed by atoms with Crippen molar-refractivity contribution in [3.05, 3.63) is 76.5 Å². The largest absolute Gasteiger partial charge is 0.454 e. The van der Waals surface area contributed by atoms with Crippen LogP contribution in [0.15, 0.2) is 53.1 Å². The zero-order chi connectivity index (χ0) is 19.1. The second kappa shape index (κ2) is 6.67. The highest BCUT2D eigenvalue weighted by Gasteiger charge is 2.51. The van der Waals surface area contributed by atoms with Crippen molar-refractivity contribution in [1.29, 1.82) is 0 Å². The molecule has 5 nitrogen and oxygen atoms in total. The Morgan fingerprint density at radius 1 is 1.11 bits per heavy atom. The Morgan fingerprint density at radius 3 is 2.75 bits per heavy atom. The van der Waals surface area contributed by atoms with E-state index in [1.165, 1.54) is 0 Å². The molecule has 6 heteroatoms. The number of nitrogens with zero attached hydrogens (tertiary/aromatic N) is 1. The summed E-state index contributed by atoms with van der Waals surface area (Å²) in [5.41, 5.74) is 1.49. The standard InChI is InChI=1S/C22H18ClNO4/c23-17-4-2-1-3-14(17)9-16-12-24-21(28-16)11-20(25)22(7-8-22)15-5-6-18-19(10-15)27-13-26-18/h1-6,10,12H,7-9,11,13H2. The first-order valence-electron chi connectivity index (χ1n) is 9.24. The molecule has 0 radical (unpaired) electrons. The van der Waals surface area contributed by atoms with Crippen LogP contribution in [0.5, 0.6) is 11.5 Å². The van der Waals surface area contributed by atoms with Crippen molar-refractivity contribution in [2.24, 2.45) is 0 Å². The molecule has 0 amide bonds. The molecule has 142 valence electrons. The monoisotopic (exact) mass is 395 g/mol. The van der Waals surface area contributed by atoms with Crippen LogP contribution in [0.25, 0.3) is 0 Å². The van der Waals surface area contributed by atoms with Gasteiger partial charge in [0.1, 0.15) is 5.76 Å². The van der Waals surface area contributed by atoms with Crippen molar-refractivity contribution < 1.29 is 18.7 Å². The third kappa shape index (κ3) is 3.06. The number of halogens is 1. The van der Waals surface area contributed by atoms with E-state index < -0.39 is 5.41 Å². The number of oxazole rings is 1. The van der Waals surface area contributed by atoms with Gasteiger partial charge in [-0.15, -0.1) is 0 Å². The van der Waals surface area contributed by atoms with Crippen LogP contribution in [-0.2, 0) is 23.1 Å². The fraction of sp³-hybridized carbons (Fsp3) is 0.273. The van der Waals surface area contributed by atoms with Gasteiger partial charge in [-0.1, -0.05) is 35.9 Å². The summed E-state index contributed by atoms with van der Waals surface area (Å²) in [6.07, 6.45) is 4.06. The summed E-state index contributed by atoms with van der Waals surface area (Å²) in [5, 5.41) is 0.691. The highest BCUT2D eigenvalue weighted by Crippen LogP contribution is 2.51. The zero-order valence-electron chi connectivity index (χ0n) is 15.1. The first-order valence-corrected chi connectivity index (χ1v) is 9.62. The molecule has 2 aromatic carbocycles. The summed E-state index contributed by atoms with van der Waals surface area (Å²) in [7, 11) is 0. The minimum absolute atomic E-state index is 0.123. The fourth-order valence-corrected chi connectivity index (χ4v) is 3.90. The first kappa shape index (κ1) is 17.3. The molecule has 0 atom stereocenters. The number of aromatic nitrogens is 1. The van der Waals surface area contributed by atoms with Crippen LogP contribution in [0, 0.1) is 0 Å². The summed E-state index contributed by atoms with van der Waals surface area (Å²) < 4.78 is 16.6. The van der Waals surface area contributed by atoms with Crippen molar-refractivity contribution in [2.75, 3.05) is 6.79 Å². The number of ether oxygens (including phenoxy) is 2. The van der Waals surface area contributed by atoms with Gasteiger partial charge in [0.25, 0.3) is 0 Å². The first-order chi connectivity index (χ1) is 13.6. The van der Waals surface area contributed by atoms with Gasteiger partial charge in [-0.25, -0.2) is 4.98 Å². The molecule has 0 saturated heterocycles. The van der Waals surface area contributed by atoms with Gasteiger partial charge < -0.3 is 13.9 Å². The quantitative estimate of drug-likeness (QED) is 0.615. The number of fused-ring (bicyclic) bond motifs is 1. The van der Waals surface area contributed by atoms with Crippen LogP contribution in [-0.4, -0.2) is 17.6 Å². The van der Waals surface area contributed by atoms with E-state index in [4.69, 9.17) is 25.5 Å². The topological polar surface area (TPSA) is 61.6 Å². The second-order valence-corrected chi connectivity index (χ2v) is 7.65. The molecule has 2 heterocycles. The van der Waals surface area contributed by atoms with E-state index in [9.17, 15) is 4.79 Å². The predicted molar refractivity (Wildman–Crippen MR) is 103 cm³/mol. The SMILES string of the molecule is O=C(Cc1ncc(Cc2ccccc2Cl)o1)C1(c2ccc3c(c2)OCO3)CC1. The summed E-state index contributed by atoms with van der Waals surface area (Å²) in [4.78, 5) is 17.3. The Bertz CT molecular complexity index is 1050. The Hall–Kier alpha value is -2.79. The van der Waals surface area contributed by atoms with Crippen molar-refractivity contribution in [3.8, 4) is 11.5 Å². The van der Waals surface area contributed by atoms with Gasteiger partial charge in [0, 0.05) is 11.4 Å². The van der Waals surface area contributed by atoms with Crippen molar-refractivity contribution in [1.82, 2.24) is 4.98 Å². The average molecular weight is 396 g/mol. The maximum Gasteiger partial charge on any atom is 0.231 e. The van der Waals surface area contributed by atoms with Gasteiger partial charge in [0.2, 0.25) is 12.7 Å². The lowest BCUT2D eigenvalue weighted by atomic mass is 9.89. The minimum Gasteiger partial charge on any atom is -0.454 e. The highest BCUT2D eigenvalue weighted by molar-refractivity contribution is 6.31. The van der Waals surface area contributed by atoms with E-state index in [2.05, 4.69) is 4.98 Å². The summed E-state index contributed by atoms with van der Waals surface area (Å²) in [6, 6.07) is 13.4. The molecule has 0 bridgehead atoms. The molecular weight excluding hydrogens is 378 g/mol. The minimum atomic E-state index is -0.460. The number of rotatable bonds is 6. The molecule has 3 aromatic rings. The van der Waals surface area contributed by atoms with Crippen molar-refractivity contribution in [2.45, 2.75) is 31.1 Å². The number of Topliss-reactive ketones (excluding diaryl/α,β-unsaturated/α-hetero) is 1. The van der Waals surface area contributed by atoms with Crippen molar-refractivity contribution in [3.63, 3.8) is 0 Å². The predicted octanol–water partition coefficient (Wildman–Crippen LogP) is 4.49. The van der Waals surface area contributed by atoms with Gasteiger partial charge in [0.15, 0.2) is 17.3 Å². The van der Waals surface area contributed by atoms with E-state index >= 15 is 0 Å². The van der Waals surface area contributed by atoms with Gasteiger partial charge in [0.05, 0.1) is 18.0 Å². The van der Waals surface area contributed by atoms with Crippen LogP contribution in [0.3, 0.4) is 0 Å². The van der Waals surface area contributed by atoms with Gasteiger partial charge in [-0.3, -0.25) is 4.79 Å². The molecule has 0 unspecified atom stereocenters. The molecule has 1 aliphatic carbocycles. The second-order valence-electron chi connectivity index (χ2n) is 7.24. The summed E-state index contributed by atoms with van der Waals surface area (Å²) >= 11 is 6.21. The molecule has 5 rings (SSSR count).